The van der Waals surface area contributed by atoms with Gasteiger partial charge in [-0.15, -0.1) is 0 Å². The molecule has 2 aromatic heterocycles. The summed E-state index contributed by atoms with van der Waals surface area (Å²) in [6.07, 6.45) is 8.38. The first kappa shape index (κ1) is 18.6. The number of nitrogens with zero attached hydrogens (tertiary/aromatic N) is 4. The predicted molar refractivity (Wildman–Crippen MR) is 100 cm³/mol. The Hall–Kier alpha value is -2.21. The molecule has 0 spiro atoms. The van der Waals surface area contributed by atoms with Crippen LogP contribution in [0.2, 0.25) is 0 Å². The Kier molecular flexibility index (Phi) is 5.71. The average molecular weight is 356 g/mol. The van der Waals surface area contributed by atoms with E-state index in [1.54, 1.807) is 18.5 Å². The topological polar surface area (TPSA) is 60.2 Å². The minimum atomic E-state index is -0.325. The summed E-state index contributed by atoms with van der Waals surface area (Å²) >= 11 is 0. The standard InChI is InChI=1S/C20H28N4O2/c1-14(2)23-9-6-18(7-10-23)24-13-17(15(3)22-24)11-16-12-21-8-5-19(16)20(25)26-4/h5,8,12-14,18H,6-7,9-11H2,1-4H3. The fourth-order valence-electron chi connectivity index (χ4n) is 3.63. The van der Waals surface area contributed by atoms with E-state index in [1.807, 2.05) is 6.92 Å². The van der Waals surface area contributed by atoms with Gasteiger partial charge in [-0.1, -0.05) is 0 Å². The van der Waals surface area contributed by atoms with Gasteiger partial charge in [0.2, 0.25) is 0 Å². The molecule has 0 saturated carbocycles. The average Bonchev–Trinajstić information content (AvgIpc) is 3.02. The van der Waals surface area contributed by atoms with Gasteiger partial charge in [0.1, 0.15) is 0 Å². The van der Waals surface area contributed by atoms with Gasteiger partial charge in [-0.2, -0.15) is 5.10 Å². The van der Waals surface area contributed by atoms with Crippen LogP contribution in [0.3, 0.4) is 0 Å². The lowest BCUT2D eigenvalue weighted by Gasteiger charge is -2.34. The van der Waals surface area contributed by atoms with Gasteiger partial charge in [-0.3, -0.25) is 9.67 Å². The Morgan fingerprint density at radius 2 is 2.04 bits per heavy atom. The van der Waals surface area contributed by atoms with Crippen LogP contribution in [-0.4, -0.2) is 51.9 Å². The van der Waals surface area contributed by atoms with Crippen molar-refractivity contribution in [2.45, 2.75) is 52.1 Å². The van der Waals surface area contributed by atoms with Crippen molar-refractivity contribution in [3.8, 4) is 0 Å². The van der Waals surface area contributed by atoms with Gasteiger partial charge in [0.25, 0.3) is 0 Å². The molecule has 0 aliphatic carbocycles. The normalized spacial score (nSPS) is 16.2. The van der Waals surface area contributed by atoms with Crippen LogP contribution in [0.25, 0.3) is 0 Å². The van der Waals surface area contributed by atoms with E-state index in [0.717, 1.165) is 42.8 Å². The monoisotopic (exact) mass is 356 g/mol. The fraction of sp³-hybridized carbons (Fsp3) is 0.550. The summed E-state index contributed by atoms with van der Waals surface area (Å²) in [5.41, 5.74) is 3.59. The Labute approximate surface area is 155 Å². The zero-order valence-corrected chi connectivity index (χ0v) is 16.1. The molecule has 1 aliphatic heterocycles. The van der Waals surface area contributed by atoms with E-state index >= 15 is 0 Å². The van der Waals surface area contributed by atoms with Crippen LogP contribution < -0.4 is 0 Å². The zero-order chi connectivity index (χ0) is 18.7. The maximum absolute atomic E-state index is 12.0. The molecule has 3 heterocycles. The third-order valence-corrected chi connectivity index (χ3v) is 5.31. The Balaban J connectivity index is 1.75. The van der Waals surface area contributed by atoms with Crippen LogP contribution in [0.5, 0.6) is 0 Å². The highest BCUT2D eigenvalue weighted by Gasteiger charge is 2.23. The molecule has 26 heavy (non-hydrogen) atoms. The van der Waals surface area contributed by atoms with Crippen LogP contribution in [0.1, 0.15) is 59.9 Å². The number of aryl methyl sites for hydroxylation is 1. The van der Waals surface area contributed by atoms with Crippen molar-refractivity contribution in [3.63, 3.8) is 0 Å². The molecule has 0 amide bonds. The highest BCUT2D eigenvalue weighted by molar-refractivity contribution is 5.90. The molecule has 6 heteroatoms. The molecule has 0 unspecified atom stereocenters. The first-order valence-corrected chi connectivity index (χ1v) is 9.29. The SMILES string of the molecule is COC(=O)c1ccncc1Cc1cn(C2CCN(C(C)C)CC2)nc1C. The molecule has 0 aromatic carbocycles. The van der Waals surface area contributed by atoms with Gasteiger partial charge < -0.3 is 9.64 Å². The molecular formula is C20H28N4O2. The van der Waals surface area contributed by atoms with Crippen LogP contribution >= 0.6 is 0 Å². The number of hydrogen-bond donors (Lipinski definition) is 0. The highest BCUT2D eigenvalue weighted by atomic mass is 16.5. The Morgan fingerprint density at radius 3 is 2.69 bits per heavy atom. The summed E-state index contributed by atoms with van der Waals surface area (Å²) in [7, 11) is 1.40. The molecule has 0 bridgehead atoms. The first-order valence-electron chi connectivity index (χ1n) is 9.29. The molecule has 0 atom stereocenters. The maximum atomic E-state index is 12.0. The first-order chi connectivity index (χ1) is 12.5. The minimum Gasteiger partial charge on any atom is -0.465 e. The van der Waals surface area contributed by atoms with Crippen molar-refractivity contribution in [2.75, 3.05) is 20.2 Å². The smallest absolute Gasteiger partial charge is 0.338 e. The van der Waals surface area contributed by atoms with Crippen molar-refractivity contribution in [1.82, 2.24) is 19.7 Å². The molecule has 1 fully saturated rings. The Morgan fingerprint density at radius 1 is 1.31 bits per heavy atom. The van der Waals surface area contributed by atoms with Gasteiger partial charge in [0.15, 0.2) is 0 Å². The molecule has 2 aromatic rings. The van der Waals surface area contributed by atoms with E-state index in [4.69, 9.17) is 9.84 Å². The summed E-state index contributed by atoms with van der Waals surface area (Å²) in [6, 6.07) is 2.77. The van der Waals surface area contributed by atoms with Gasteiger partial charge >= 0.3 is 5.97 Å². The van der Waals surface area contributed by atoms with Gasteiger partial charge in [-0.05, 0) is 50.8 Å². The van der Waals surface area contributed by atoms with Crippen molar-refractivity contribution < 1.29 is 9.53 Å². The zero-order valence-electron chi connectivity index (χ0n) is 16.1. The van der Waals surface area contributed by atoms with E-state index < -0.39 is 0 Å². The minimum absolute atomic E-state index is 0.325. The molecule has 1 saturated heterocycles. The second-order valence-electron chi connectivity index (χ2n) is 7.28. The van der Waals surface area contributed by atoms with Crippen LogP contribution in [-0.2, 0) is 11.2 Å². The number of likely N-dealkylation sites (tertiary alicyclic amines) is 1. The summed E-state index contributed by atoms with van der Waals surface area (Å²) in [4.78, 5) is 18.7. The van der Waals surface area contributed by atoms with Crippen molar-refractivity contribution in [3.05, 3.63) is 47.0 Å². The summed E-state index contributed by atoms with van der Waals surface area (Å²) in [6.45, 7) is 8.77. The number of ether oxygens (including phenoxy) is 1. The number of pyridine rings is 1. The number of methoxy groups -OCH3 is 1. The van der Waals surface area contributed by atoms with E-state index in [1.165, 1.54) is 7.11 Å². The second kappa shape index (κ2) is 7.99. The summed E-state index contributed by atoms with van der Waals surface area (Å²) < 4.78 is 7.00. The fourth-order valence-corrected chi connectivity index (χ4v) is 3.63. The number of carbonyl (C=O) groups is 1. The third-order valence-electron chi connectivity index (χ3n) is 5.31. The van der Waals surface area contributed by atoms with E-state index in [2.05, 4.69) is 34.6 Å². The molecule has 0 N–H and O–H groups in total. The Bertz CT molecular complexity index is 761. The van der Waals surface area contributed by atoms with E-state index in [9.17, 15) is 4.79 Å². The van der Waals surface area contributed by atoms with E-state index in [0.29, 0.717) is 24.1 Å². The van der Waals surface area contributed by atoms with Crippen LogP contribution in [0.15, 0.2) is 24.7 Å². The lowest BCUT2D eigenvalue weighted by atomic mass is 10.0. The molecule has 140 valence electrons. The van der Waals surface area contributed by atoms with E-state index in [-0.39, 0.29) is 5.97 Å². The second-order valence-corrected chi connectivity index (χ2v) is 7.28. The molecule has 0 radical (unpaired) electrons. The third kappa shape index (κ3) is 3.96. The largest absolute Gasteiger partial charge is 0.465 e. The summed E-state index contributed by atoms with van der Waals surface area (Å²) in [5, 5.41) is 4.76. The van der Waals surface area contributed by atoms with Gasteiger partial charge in [0.05, 0.1) is 24.4 Å². The predicted octanol–water partition coefficient (Wildman–Crippen LogP) is 3.01. The molecule has 1 aliphatic rings. The highest BCUT2D eigenvalue weighted by Crippen LogP contribution is 2.25. The van der Waals surface area contributed by atoms with Crippen molar-refractivity contribution in [2.24, 2.45) is 0 Å². The summed E-state index contributed by atoms with van der Waals surface area (Å²) in [5.74, 6) is -0.325. The number of aromatic nitrogens is 3. The quantitative estimate of drug-likeness (QED) is 0.771. The van der Waals surface area contributed by atoms with Gasteiger partial charge in [-0.25, -0.2) is 4.79 Å². The number of esters is 1. The lowest BCUT2D eigenvalue weighted by molar-refractivity contribution is 0.0599. The molecule has 3 rings (SSSR count). The molecule has 6 nitrogen and oxygen atoms in total. The molecular weight excluding hydrogens is 328 g/mol. The van der Waals surface area contributed by atoms with Crippen LogP contribution in [0.4, 0.5) is 0 Å². The van der Waals surface area contributed by atoms with Crippen molar-refractivity contribution >= 4 is 5.97 Å². The van der Waals surface area contributed by atoms with Crippen LogP contribution in [0, 0.1) is 6.92 Å². The number of hydrogen-bond acceptors (Lipinski definition) is 5. The van der Waals surface area contributed by atoms with Gasteiger partial charge in [0, 0.05) is 44.1 Å². The van der Waals surface area contributed by atoms with Crippen molar-refractivity contribution in [1.29, 1.82) is 0 Å². The maximum Gasteiger partial charge on any atom is 0.338 e. The lowest BCUT2D eigenvalue weighted by Crippen LogP contribution is -2.39. The number of piperidine rings is 1. The number of carbonyl (C=O) groups excluding carboxylic acids is 1. The number of rotatable bonds is 5.